The van der Waals surface area contributed by atoms with Crippen molar-refractivity contribution in [2.75, 3.05) is 26.9 Å². The van der Waals surface area contributed by atoms with E-state index in [0.717, 1.165) is 27.6 Å². The molecule has 0 radical (unpaired) electrons. The number of hydrogen-bond donors (Lipinski definition) is 1. The maximum absolute atomic E-state index is 13.7. The number of methoxy groups -OCH3 is 1. The van der Waals surface area contributed by atoms with Crippen LogP contribution in [0.25, 0.3) is 10.8 Å². The average molecular weight is 552 g/mol. The number of carbonyl (C=O) groups is 1. The van der Waals surface area contributed by atoms with Crippen molar-refractivity contribution < 1.29 is 19.0 Å². The smallest absolute Gasteiger partial charge is 0.162 e. The Morgan fingerprint density at radius 2 is 1.83 bits per heavy atom. The second kappa shape index (κ2) is 11.7. The number of carbonyl (C=O) groups excluding carboxylic acids is 1. The predicted molar refractivity (Wildman–Crippen MR) is 159 cm³/mol. The average Bonchev–Trinajstić information content (AvgIpc) is 2.95. The number of rotatable bonds is 9. The van der Waals surface area contributed by atoms with Gasteiger partial charge in [0.15, 0.2) is 17.3 Å². The van der Waals surface area contributed by atoms with E-state index in [4.69, 9.17) is 19.9 Å². The maximum atomic E-state index is 13.7. The van der Waals surface area contributed by atoms with Crippen LogP contribution < -0.4 is 15.2 Å². The highest BCUT2D eigenvalue weighted by molar-refractivity contribution is 6.00. The number of allylic oxidation sites excluding steroid dienone is 3. The first-order valence-electron chi connectivity index (χ1n) is 14.1. The number of nitrogens with zero attached hydrogens (tertiary/aromatic N) is 2. The van der Waals surface area contributed by atoms with Crippen molar-refractivity contribution in [2.45, 2.75) is 46.1 Å². The Kier molecular flexibility index (Phi) is 8.05. The molecule has 0 saturated heterocycles. The highest BCUT2D eigenvalue weighted by atomic mass is 16.5. The van der Waals surface area contributed by atoms with E-state index in [1.54, 1.807) is 7.11 Å². The van der Waals surface area contributed by atoms with Crippen LogP contribution in [0, 0.1) is 16.7 Å². The summed E-state index contributed by atoms with van der Waals surface area (Å²) in [4.78, 5) is 15.6. The Bertz CT molecular complexity index is 1580. The normalized spacial score (nSPS) is 18.4. The van der Waals surface area contributed by atoms with Gasteiger partial charge in [0.25, 0.3) is 0 Å². The fraction of sp³-hybridized carbons (Fsp3) is 0.353. The Morgan fingerprint density at radius 1 is 1.05 bits per heavy atom. The van der Waals surface area contributed by atoms with Gasteiger partial charge in [0.1, 0.15) is 12.4 Å². The summed E-state index contributed by atoms with van der Waals surface area (Å²) in [5, 5.41) is 12.6. The zero-order valence-electron chi connectivity index (χ0n) is 24.2. The van der Waals surface area contributed by atoms with Crippen LogP contribution in [-0.4, -0.2) is 37.6 Å². The Morgan fingerprint density at radius 3 is 2.59 bits per heavy atom. The molecule has 5 rings (SSSR count). The Balaban J connectivity index is 1.54. The van der Waals surface area contributed by atoms with Crippen LogP contribution in [0.3, 0.4) is 0 Å². The van der Waals surface area contributed by atoms with Gasteiger partial charge >= 0.3 is 0 Å². The van der Waals surface area contributed by atoms with Gasteiger partial charge in [-0.05, 0) is 52.8 Å². The molecule has 3 aromatic rings. The van der Waals surface area contributed by atoms with Gasteiger partial charge in [-0.15, -0.1) is 0 Å². The fourth-order valence-electron chi connectivity index (χ4n) is 6.01. The van der Waals surface area contributed by atoms with E-state index >= 15 is 0 Å². The molecule has 3 aromatic carbocycles. The number of ketones is 1. The van der Waals surface area contributed by atoms with Gasteiger partial charge in [-0.3, -0.25) is 4.79 Å². The number of hydrogen-bond acceptors (Lipinski definition) is 7. The molecule has 41 heavy (non-hydrogen) atoms. The van der Waals surface area contributed by atoms with Crippen molar-refractivity contribution in [2.24, 2.45) is 11.1 Å². The number of fused-ring (bicyclic) bond motifs is 1. The van der Waals surface area contributed by atoms with Gasteiger partial charge < -0.3 is 24.8 Å². The number of nitrogens with two attached hydrogens (primary N) is 1. The number of nitriles is 1. The molecule has 0 unspecified atom stereocenters. The molecule has 1 aliphatic heterocycles. The molecule has 0 aromatic heterocycles. The quantitative estimate of drug-likeness (QED) is 0.338. The number of ether oxygens (including phenoxy) is 3. The summed E-state index contributed by atoms with van der Waals surface area (Å²) in [6.07, 6.45) is 1.09. The van der Waals surface area contributed by atoms with Gasteiger partial charge in [0.2, 0.25) is 0 Å². The fourth-order valence-corrected chi connectivity index (χ4v) is 6.01. The largest absolute Gasteiger partial charge is 0.490 e. The Hall–Kier alpha value is -4.28. The minimum absolute atomic E-state index is 0.0400. The van der Waals surface area contributed by atoms with E-state index in [1.165, 1.54) is 0 Å². The van der Waals surface area contributed by atoms with E-state index in [2.05, 4.69) is 44.2 Å². The molecular formula is C34H37N3O4. The highest BCUT2D eigenvalue weighted by Crippen LogP contribution is 2.49. The van der Waals surface area contributed by atoms with Crippen molar-refractivity contribution in [1.29, 1.82) is 5.26 Å². The van der Waals surface area contributed by atoms with E-state index in [-0.39, 0.29) is 11.2 Å². The third-order valence-corrected chi connectivity index (χ3v) is 7.87. The summed E-state index contributed by atoms with van der Waals surface area (Å²) in [5.41, 5.74) is 10.2. The summed E-state index contributed by atoms with van der Waals surface area (Å²) in [6.45, 7) is 7.80. The lowest BCUT2D eigenvalue weighted by molar-refractivity contribution is -0.118. The van der Waals surface area contributed by atoms with Gasteiger partial charge in [-0.2, -0.15) is 5.26 Å². The van der Waals surface area contributed by atoms with Crippen LogP contribution in [0.15, 0.2) is 83.3 Å². The van der Waals surface area contributed by atoms with Crippen LogP contribution in [0.1, 0.15) is 50.7 Å². The molecule has 2 N–H and O–H groups in total. The second-order valence-electron chi connectivity index (χ2n) is 11.4. The predicted octanol–water partition coefficient (Wildman–Crippen LogP) is 6.20. The lowest BCUT2D eigenvalue weighted by Gasteiger charge is -2.43. The molecule has 7 heteroatoms. The molecular weight excluding hydrogens is 514 g/mol. The van der Waals surface area contributed by atoms with Gasteiger partial charge in [0, 0.05) is 31.3 Å². The molecule has 2 aliphatic rings. The first-order chi connectivity index (χ1) is 19.8. The standard InChI is InChI=1S/C34H37N3O4/c1-5-40-30-17-23(13-14-29(30)41-21-24-11-8-10-22-9-6-7-12-25(22)24)31-26(20-35)33(36)37(15-16-39-4)27-18-34(2,3)19-28(38)32(27)31/h6-14,17,31H,5,15-16,18-19,21,36H2,1-4H3/t31-/m0/s1. The molecule has 7 nitrogen and oxygen atoms in total. The van der Waals surface area contributed by atoms with E-state index in [9.17, 15) is 10.1 Å². The third kappa shape index (κ3) is 5.53. The monoisotopic (exact) mass is 551 g/mol. The molecule has 212 valence electrons. The van der Waals surface area contributed by atoms with Crippen molar-refractivity contribution >= 4 is 16.6 Å². The number of benzene rings is 3. The van der Waals surface area contributed by atoms with Crippen molar-refractivity contribution in [3.8, 4) is 17.6 Å². The lowest BCUT2D eigenvalue weighted by Crippen LogP contribution is -2.43. The molecule has 0 saturated carbocycles. The lowest BCUT2D eigenvalue weighted by atomic mass is 9.68. The van der Waals surface area contributed by atoms with E-state index < -0.39 is 5.92 Å². The molecule has 0 bridgehead atoms. The van der Waals surface area contributed by atoms with Crippen LogP contribution in [0.5, 0.6) is 11.5 Å². The van der Waals surface area contributed by atoms with Crippen molar-refractivity contribution in [1.82, 2.24) is 4.90 Å². The molecule has 1 atom stereocenters. The highest BCUT2D eigenvalue weighted by Gasteiger charge is 2.44. The second-order valence-corrected chi connectivity index (χ2v) is 11.4. The first-order valence-corrected chi connectivity index (χ1v) is 14.1. The topological polar surface area (TPSA) is 97.8 Å². The van der Waals surface area contributed by atoms with Gasteiger partial charge in [-0.25, -0.2) is 0 Å². The zero-order valence-corrected chi connectivity index (χ0v) is 24.2. The molecule has 1 aliphatic carbocycles. The summed E-state index contributed by atoms with van der Waals surface area (Å²) in [7, 11) is 1.63. The maximum Gasteiger partial charge on any atom is 0.162 e. The molecule has 0 spiro atoms. The summed E-state index contributed by atoms with van der Waals surface area (Å²) < 4.78 is 17.6. The summed E-state index contributed by atoms with van der Waals surface area (Å²) in [6, 6.07) is 22.4. The van der Waals surface area contributed by atoms with Gasteiger partial charge in [-0.1, -0.05) is 62.4 Å². The SMILES string of the molecule is CCOc1cc([C@H]2C(C#N)=C(N)N(CCOC)C3=C2C(=O)CC(C)(C)C3)ccc1OCc1cccc2ccccc12. The van der Waals surface area contributed by atoms with Crippen molar-refractivity contribution in [3.05, 3.63) is 94.5 Å². The zero-order chi connectivity index (χ0) is 29.1. The van der Waals surface area contributed by atoms with Crippen LogP contribution in [0.2, 0.25) is 0 Å². The first kappa shape index (κ1) is 28.3. The third-order valence-electron chi connectivity index (χ3n) is 7.87. The molecule has 1 heterocycles. The summed E-state index contributed by atoms with van der Waals surface area (Å²) in [5.74, 6) is 0.991. The molecule has 0 fully saturated rings. The van der Waals surface area contributed by atoms with E-state index in [0.29, 0.717) is 67.7 Å². The van der Waals surface area contributed by atoms with Crippen LogP contribution in [0.4, 0.5) is 0 Å². The van der Waals surface area contributed by atoms with E-state index in [1.807, 2.05) is 48.2 Å². The summed E-state index contributed by atoms with van der Waals surface area (Å²) >= 11 is 0. The van der Waals surface area contributed by atoms with Gasteiger partial charge in [0.05, 0.1) is 30.8 Å². The number of Topliss-reactive ketones (excluding diaryl/α,β-unsaturated/α-hetero) is 1. The van der Waals surface area contributed by atoms with Crippen molar-refractivity contribution in [3.63, 3.8) is 0 Å². The minimum atomic E-state index is -0.580. The Labute approximate surface area is 241 Å². The molecule has 0 amide bonds. The minimum Gasteiger partial charge on any atom is -0.490 e. The van der Waals surface area contributed by atoms with Crippen LogP contribution in [-0.2, 0) is 16.1 Å². The van der Waals surface area contributed by atoms with Crippen LogP contribution >= 0.6 is 0 Å².